The highest BCUT2D eigenvalue weighted by Crippen LogP contribution is 2.26. The van der Waals surface area contributed by atoms with Crippen molar-refractivity contribution < 1.29 is 9.59 Å². The van der Waals surface area contributed by atoms with Crippen LogP contribution < -0.4 is 0 Å². The van der Waals surface area contributed by atoms with E-state index < -0.39 is 0 Å². The average molecular weight is 353 g/mol. The van der Waals surface area contributed by atoms with Gasteiger partial charge in [-0.1, -0.05) is 30.3 Å². The molecule has 4 rings (SSSR count). The van der Waals surface area contributed by atoms with Crippen molar-refractivity contribution in [2.45, 2.75) is 32.4 Å². The van der Waals surface area contributed by atoms with E-state index in [0.717, 1.165) is 31.1 Å². The number of fused-ring (bicyclic) bond motifs is 1. The number of thiazole rings is 1. The van der Waals surface area contributed by atoms with E-state index >= 15 is 0 Å². The van der Waals surface area contributed by atoms with Crippen molar-refractivity contribution >= 4 is 28.6 Å². The van der Waals surface area contributed by atoms with Crippen molar-refractivity contribution in [3.05, 3.63) is 51.5 Å². The first-order valence-electron chi connectivity index (χ1n) is 8.48. The molecule has 0 radical (unpaired) electrons. The number of nitrogens with zero attached hydrogens (tertiary/aromatic N) is 3. The molecule has 1 aliphatic carbocycles. The molecule has 1 fully saturated rings. The van der Waals surface area contributed by atoms with Gasteiger partial charge in [-0.05, 0) is 18.9 Å². The Balaban J connectivity index is 1.47. The minimum absolute atomic E-state index is 0.0295. The summed E-state index contributed by atoms with van der Waals surface area (Å²) in [6, 6.07) is 10.4. The third-order valence-corrected chi connectivity index (χ3v) is 5.64. The number of carbonyl (C=O) groups excluding carboxylic acids is 2. The molecule has 0 N–H and O–H groups in total. The van der Waals surface area contributed by atoms with E-state index in [9.17, 15) is 9.59 Å². The molecule has 1 saturated heterocycles. The number of aryl methyl sites for hydroxylation is 1. The molecule has 2 heterocycles. The van der Waals surface area contributed by atoms with E-state index in [4.69, 9.17) is 0 Å². The summed E-state index contributed by atoms with van der Waals surface area (Å²) in [4.78, 5) is 36.6. The van der Waals surface area contributed by atoms with E-state index in [1.807, 2.05) is 25.1 Å². The van der Waals surface area contributed by atoms with E-state index in [0.29, 0.717) is 16.3 Å². The summed E-state index contributed by atoms with van der Waals surface area (Å²) in [5.41, 5.74) is 1.97. The standard InChI is InChI=1S/C19H19N3O2S/c1-12-20-17-18(24)15(9-16(23)19(17)25-12)21-14-7-8-22(11-14)10-13-5-3-2-4-6-13/h2-6,14H,7-11H2,1H3. The first-order chi connectivity index (χ1) is 12.1. The number of benzene rings is 1. The number of hydrogen-bond donors (Lipinski definition) is 0. The van der Waals surface area contributed by atoms with Gasteiger partial charge in [-0.15, -0.1) is 11.3 Å². The van der Waals surface area contributed by atoms with E-state index in [1.165, 1.54) is 16.9 Å². The van der Waals surface area contributed by atoms with Gasteiger partial charge in [0.05, 0.1) is 23.2 Å². The lowest BCUT2D eigenvalue weighted by Crippen LogP contribution is -2.28. The Bertz CT molecular complexity index is 857. The number of aliphatic imine (C=N–C) groups is 1. The Kier molecular flexibility index (Phi) is 4.31. The van der Waals surface area contributed by atoms with Crippen molar-refractivity contribution in [1.29, 1.82) is 0 Å². The summed E-state index contributed by atoms with van der Waals surface area (Å²) in [5.74, 6) is -0.196. The lowest BCUT2D eigenvalue weighted by molar-refractivity contribution is 0.0966. The topological polar surface area (TPSA) is 62.6 Å². The number of hydrogen-bond acceptors (Lipinski definition) is 6. The lowest BCUT2D eigenvalue weighted by Gasteiger charge is -2.16. The summed E-state index contributed by atoms with van der Waals surface area (Å²) in [7, 11) is 0. The first kappa shape index (κ1) is 16.3. The van der Waals surface area contributed by atoms with Gasteiger partial charge in [0.25, 0.3) is 0 Å². The van der Waals surface area contributed by atoms with Gasteiger partial charge in [-0.3, -0.25) is 19.5 Å². The fraction of sp³-hybridized carbons (Fsp3) is 0.368. The molecule has 5 nitrogen and oxygen atoms in total. The third kappa shape index (κ3) is 3.32. The van der Waals surface area contributed by atoms with Crippen LogP contribution in [0.3, 0.4) is 0 Å². The molecule has 1 aromatic carbocycles. The largest absolute Gasteiger partial charge is 0.297 e. The van der Waals surface area contributed by atoms with Crippen molar-refractivity contribution in [3.8, 4) is 0 Å². The van der Waals surface area contributed by atoms with Gasteiger partial charge in [0.15, 0.2) is 5.78 Å². The Morgan fingerprint density at radius 1 is 1.28 bits per heavy atom. The van der Waals surface area contributed by atoms with Crippen molar-refractivity contribution in [2.75, 3.05) is 13.1 Å². The van der Waals surface area contributed by atoms with Crippen molar-refractivity contribution in [2.24, 2.45) is 4.99 Å². The van der Waals surface area contributed by atoms with Gasteiger partial charge in [0, 0.05) is 19.6 Å². The molecule has 2 aliphatic rings. The maximum Gasteiger partial charge on any atom is 0.227 e. The van der Waals surface area contributed by atoms with Crippen LogP contribution in [0, 0.1) is 6.92 Å². The molecule has 1 aliphatic heterocycles. The predicted molar refractivity (Wildman–Crippen MR) is 97.7 cm³/mol. The van der Waals surface area contributed by atoms with Crippen LogP contribution in [0.15, 0.2) is 35.3 Å². The van der Waals surface area contributed by atoms with Crippen LogP contribution in [-0.2, 0) is 6.54 Å². The molecule has 1 atom stereocenters. The fourth-order valence-electron chi connectivity index (χ4n) is 3.45. The van der Waals surface area contributed by atoms with E-state index in [2.05, 4.69) is 27.0 Å². The average Bonchev–Trinajstić information content (AvgIpc) is 3.20. The van der Waals surface area contributed by atoms with Crippen LogP contribution in [0.2, 0.25) is 0 Å². The van der Waals surface area contributed by atoms with Gasteiger partial charge in [0.1, 0.15) is 10.6 Å². The Morgan fingerprint density at radius 2 is 2.08 bits per heavy atom. The summed E-state index contributed by atoms with van der Waals surface area (Å²) in [6.07, 6.45) is 1.03. The molecule has 6 heteroatoms. The van der Waals surface area contributed by atoms with Crippen LogP contribution in [-0.4, -0.2) is 46.3 Å². The second-order valence-electron chi connectivity index (χ2n) is 6.58. The molecule has 128 valence electrons. The minimum atomic E-state index is -0.166. The third-order valence-electron chi connectivity index (χ3n) is 4.63. The van der Waals surface area contributed by atoms with Gasteiger partial charge < -0.3 is 0 Å². The molecule has 25 heavy (non-hydrogen) atoms. The highest BCUT2D eigenvalue weighted by atomic mass is 32.1. The Labute approximate surface area is 150 Å². The first-order valence-corrected chi connectivity index (χ1v) is 9.30. The maximum absolute atomic E-state index is 12.6. The molecule has 0 saturated carbocycles. The van der Waals surface area contributed by atoms with Crippen LogP contribution >= 0.6 is 11.3 Å². The molecular weight excluding hydrogens is 334 g/mol. The van der Waals surface area contributed by atoms with E-state index in [1.54, 1.807) is 0 Å². The summed E-state index contributed by atoms with van der Waals surface area (Å²) < 4.78 is 0. The predicted octanol–water partition coefficient (Wildman–Crippen LogP) is 2.94. The van der Waals surface area contributed by atoms with Crippen LogP contribution in [0.5, 0.6) is 0 Å². The summed E-state index contributed by atoms with van der Waals surface area (Å²) in [6.45, 7) is 4.49. The van der Waals surface area contributed by atoms with E-state index in [-0.39, 0.29) is 24.0 Å². The minimum Gasteiger partial charge on any atom is -0.297 e. The second kappa shape index (κ2) is 6.61. The molecular formula is C19H19N3O2S. The van der Waals surface area contributed by atoms with Gasteiger partial charge >= 0.3 is 0 Å². The molecule has 0 bridgehead atoms. The van der Waals surface area contributed by atoms with Crippen LogP contribution in [0.4, 0.5) is 0 Å². The smallest absolute Gasteiger partial charge is 0.227 e. The summed E-state index contributed by atoms with van der Waals surface area (Å²) in [5, 5.41) is 0.753. The van der Waals surface area contributed by atoms with Crippen molar-refractivity contribution in [3.63, 3.8) is 0 Å². The molecule has 1 unspecified atom stereocenters. The Hall–Kier alpha value is -2.18. The SMILES string of the molecule is Cc1nc2c(s1)C(=O)CC(=NC1CCN(Cc3ccccc3)C1)C2=O. The molecule has 0 spiro atoms. The highest BCUT2D eigenvalue weighted by molar-refractivity contribution is 7.14. The maximum atomic E-state index is 12.6. The second-order valence-corrected chi connectivity index (χ2v) is 7.78. The zero-order valence-electron chi connectivity index (χ0n) is 14.1. The van der Waals surface area contributed by atoms with Crippen molar-refractivity contribution in [1.82, 2.24) is 9.88 Å². The number of rotatable bonds is 3. The molecule has 2 aromatic rings. The monoisotopic (exact) mass is 353 g/mol. The fourth-order valence-corrected chi connectivity index (χ4v) is 4.30. The summed E-state index contributed by atoms with van der Waals surface area (Å²) >= 11 is 1.30. The lowest BCUT2D eigenvalue weighted by atomic mass is 9.97. The zero-order chi connectivity index (χ0) is 17.4. The normalized spacial score (nSPS) is 22.6. The number of aromatic nitrogens is 1. The number of ketones is 2. The van der Waals surface area contributed by atoms with Crippen LogP contribution in [0.1, 0.15) is 43.6 Å². The van der Waals surface area contributed by atoms with Gasteiger partial charge in [-0.25, -0.2) is 4.98 Å². The van der Waals surface area contributed by atoms with Crippen LogP contribution in [0.25, 0.3) is 0 Å². The zero-order valence-corrected chi connectivity index (χ0v) is 14.9. The highest BCUT2D eigenvalue weighted by Gasteiger charge is 2.34. The number of Topliss-reactive ketones (excluding diaryl/α,β-unsaturated/α-hetero) is 2. The van der Waals surface area contributed by atoms with Gasteiger partial charge in [0.2, 0.25) is 5.78 Å². The number of carbonyl (C=O) groups is 2. The number of likely N-dealkylation sites (tertiary alicyclic amines) is 1. The molecule has 1 aromatic heterocycles. The Morgan fingerprint density at radius 3 is 2.88 bits per heavy atom. The quantitative estimate of drug-likeness (QED) is 0.851. The van der Waals surface area contributed by atoms with Gasteiger partial charge in [-0.2, -0.15) is 0 Å². The molecule has 0 amide bonds.